The van der Waals surface area contributed by atoms with Crippen molar-refractivity contribution in [3.63, 3.8) is 0 Å². The van der Waals surface area contributed by atoms with Crippen molar-refractivity contribution in [1.29, 1.82) is 0 Å². The van der Waals surface area contributed by atoms with Gasteiger partial charge in [0.25, 0.3) is 0 Å². The number of aromatic nitrogens is 1. The molecule has 0 radical (unpaired) electrons. The van der Waals surface area contributed by atoms with Crippen LogP contribution in [0.15, 0.2) is 9.52 Å². The van der Waals surface area contributed by atoms with E-state index in [9.17, 15) is 0 Å². The van der Waals surface area contributed by atoms with Crippen molar-refractivity contribution in [1.82, 2.24) is 20.7 Å². The predicted molar refractivity (Wildman–Crippen MR) is 120 cm³/mol. The number of nitrogens with zero attached hydrogens (tertiary/aromatic N) is 3. The summed E-state index contributed by atoms with van der Waals surface area (Å²) in [5.41, 5.74) is 2.15. The lowest BCUT2D eigenvalue weighted by Crippen LogP contribution is -2.45. The highest BCUT2D eigenvalue weighted by Crippen LogP contribution is 2.17. The van der Waals surface area contributed by atoms with Gasteiger partial charge in [-0.05, 0) is 32.7 Å². The van der Waals surface area contributed by atoms with Crippen molar-refractivity contribution in [3.8, 4) is 0 Å². The van der Waals surface area contributed by atoms with E-state index in [0.717, 1.165) is 68.6 Å². The van der Waals surface area contributed by atoms with Crippen LogP contribution in [0.4, 0.5) is 0 Å². The average Bonchev–Trinajstić information content (AvgIpc) is 3.27. The molecule has 1 unspecified atom stereocenters. The molecule has 2 N–H and O–H groups in total. The number of halogens is 1. The fraction of sp³-hybridized carbons (Fsp3) is 0.789. The van der Waals surface area contributed by atoms with Crippen LogP contribution in [0.1, 0.15) is 50.6 Å². The molecule has 1 aliphatic heterocycles. The van der Waals surface area contributed by atoms with Crippen LogP contribution < -0.4 is 10.6 Å². The van der Waals surface area contributed by atoms with E-state index in [2.05, 4.69) is 41.5 Å². The molecule has 0 bridgehead atoms. The summed E-state index contributed by atoms with van der Waals surface area (Å²) in [5, 5.41) is 11.0. The zero-order valence-electron chi connectivity index (χ0n) is 17.2. The topological polar surface area (TPSA) is 74.9 Å². The monoisotopic (exact) mass is 493 g/mol. The second kappa shape index (κ2) is 13.3. The van der Waals surface area contributed by atoms with Crippen LogP contribution in [-0.2, 0) is 24.1 Å². The summed E-state index contributed by atoms with van der Waals surface area (Å²) < 4.78 is 10.7. The predicted octanol–water partition coefficient (Wildman–Crippen LogP) is 2.58. The summed E-state index contributed by atoms with van der Waals surface area (Å²) in [5.74, 6) is 1.80. The van der Waals surface area contributed by atoms with E-state index in [4.69, 9.17) is 14.3 Å². The summed E-state index contributed by atoms with van der Waals surface area (Å²) in [7, 11) is 1.76. The summed E-state index contributed by atoms with van der Waals surface area (Å²) in [6.45, 7) is 11.6. The zero-order valence-corrected chi connectivity index (χ0v) is 19.5. The standard InChI is InChI=1S/C19H35N5O2.HI/c1-5-17-16(18(6-2)26-23-17)14-22-19(20-7-3)21-13-15-9-8-10-24(15)11-12-25-4;/h15H,5-14H2,1-4H3,(H2,20,21,22);1H. The molecule has 1 aromatic heterocycles. The zero-order chi connectivity index (χ0) is 18.8. The maximum absolute atomic E-state index is 5.44. The third kappa shape index (κ3) is 7.23. The van der Waals surface area contributed by atoms with Crippen LogP contribution in [-0.4, -0.2) is 62.0 Å². The number of hydrogen-bond acceptors (Lipinski definition) is 5. The lowest BCUT2D eigenvalue weighted by atomic mass is 10.1. The van der Waals surface area contributed by atoms with Gasteiger partial charge in [0.2, 0.25) is 0 Å². The van der Waals surface area contributed by atoms with Crippen LogP contribution in [0.2, 0.25) is 0 Å². The fourth-order valence-electron chi connectivity index (χ4n) is 3.46. The molecular formula is C19H36IN5O2. The Bertz CT molecular complexity index is 543. The van der Waals surface area contributed by atoms with Gasteiger partial charge in [-0.15, -0.1) is 24.0 Å². The van der Waals surface area contributed by atoms with E-state index in [1.54, 1.807) is 7.11 Å². The highest BCUT2D eigenvalue weighted by Gasteiger charge is 2.24. The molecule has 27 heavy (non-hydrogen) atoms. The Morgan fingerprint density at radius 1 is 1.30 bits per heavy atom. The first-order chi connectivity index (χ1) is 12.7. The molecule has 2 rings (SSSR count). The van der Waals surface area contributed by atoms with E-state index in [-0.39, 0.29) is 24.0 Å². The van der Waals surface area contributed by atoms with Crippen molar-refractivity contribution in [2.75, 3.05) is 39.9 Å². The minimum Gasteiger partial charge on any atom is -0.383 e. The summed E-state index contributed by atoms with van der Waals surface area (Å²) >= 11 is 0. The van der Waals surface area contributed by atoms with E-state index in [0.29, 0.717) is 12.6 Å². The van der Waals surface area contributed by atoms with Crippen molar-refractivity contribution < 1.29 is 9.26 Å². The minimum absolute atomic E-state index is 0. The van der Waals surface area contributed by atoms with Crippen molar-refractivity contribution in [3.05, 3.63) is 17.0 Å². The summed E-state index contributed by atoms with van der Waals surface area (Å²) in [4.78, 5) is 7.28. The minimum atomic E-state index is 0. The largest absolute Gasteiger partial charge is 0.383 e. The summed E-state index contributed by atoms with van der Waals surface area (Å²) in [6.07, 6.45) is 4.19. The SMILES string of the molecule is CCNC(=NCc1c(CC)noc1CC)NCC1CCCN1CCOC.I. The lowest BCUT2D eigenvalue weighted by molar-refractivity contribution is 0.141. The first-order valence-electron chi connectivity index (χ1n) is 9.94. The molecule has 156 valence electrons. The number of likely N-dealkylation sites (tertiary alicyclic amines) is 1. The van der Waals surface area contributed by atoms with Gasteiger partial charge in [-0.2, -0.15) is 0 Å². The van der Waals surface area contributed by atoms with E-state index in [1.165, 1.54) is 12.8 Å². The van der Waals surface area contributed by atoms with Gasteiger partial charge in [0, 0.05) is 44.8 Å². The third-order valence-electron chi connectivity index (χ3n) is 4.93. The normalized spacial score (nSPS) is 17.8. The number of aliphatic imine (C=N–C) groups is 1. The van der Waals surface area contributed by atoms with E-state index in [1.807, 2.05) is 0 Å². The lowest BCUT2D eigenvalue weighted by Gasteiger charge is -2.25. The average molecular weight is 493 g/mol. The number of aryl methyl sites for hydroxylation is 2. The van der Waals surface area contributed by atoms with Gasteiger partial charge in [0.1, 0.15) is 5.76 Å². The molecule has 0 amide bonds. The molecule has 0 aliphatic carbocycles. The second-order valence-corrected chi connectivity index (χ2v) is 6.64. The van der Waals surface area contributed by atoms with Crippen LogP contribution >= 0.6 is 24.0 Å². The maximum Gasteiger partial charge on any atom is 0.191 e. The second-order valence-electron chi connectivity index (χ2n) is 6.64. The molecule has 1 fully saturated rings. The van der Waals surface area contributed by atoms with E-state index >= 15 is 0 Å². The van der Waals surface area contributed by atoms with Gasteiger partial charge < -0.3 is 19.9 Å². The third-order valence-corrected chi connectivity index (χ3v) is 4.93. The number of ether oxygens (including phenoxy) is 1. The Labute approximate surface area is 180 Å². The Morgan fingerprint density at radius 3 is 2.78 bits per heavy atom. The van der Waals surface area contributed by atoms with Crippen molar-refractivity contribution in [2.45, 2.75) is 59.0 Å². The molecule has 0 saturated carbocycles. The molecule has 1 aliphatic rings. The Morgan fingerprint density at radius 2 is 2.11 bits per heavy atom. The quantitative estimate of drug-likeness (QED) is 0.297. The van der Waals surface area contributed by atoms with Gasteiger partial charge in [0.15, 0.2) is 5.96 Å². The van der Waals surface area contributed by atoms with Gasteiger partial charge >= 0.3 is 0 Å². The number of nitrogens with one attached hydrogen (secondary N) is 2. The maximum atomic E-state index is 5.44. The van der Waals surface area contributed by atoms with Crippen LogP contribution in [0.3, 0.4) is 0 Å². The van der Waals surface area contributed by atoms with Gasteiger partial charge in [-0.3, -0.25) is 4.90 Å². The van der Waals surface area contributed by atoms with Crippen molar-refractivity contribution in [2.24, 2.45) is 4.99 Å². The number of hydrogen-bond donors (Lipinski definition) is 2. The first kappa shape index (κ1) is 24.2. The molecule has 0 spiro atoms. The van der Waals surface area contributed by atoms with E-state index < -0.39 is 0 Å². The molecule has 7 nitrogen and oxygen atoms in total. The van der Waals surface area contributed by atoms with Gasteiger partial charge in [-0.1, -0.05) is 19.0 Å². The van der Waals surface area contributed by atoms with Crippen molar-refractivity contribution >= 4 is 29.9 Å². The molecule has 1 atom stereocenters. The fourth-order valence-corrected chi connectivity index (χ4v) is 3.46. The molecular weight excluding hydrogens is 457 g/mol. The smallest absolute Gasteiger partial charge is 0.191 e. The molecule has 1 aromatic rings. The number of rotatable bonds is 10. The summed E-state index contributed by atoms with van der Waals surface area (Å²) in [6, 6.07) is 0.544. The Hall–Kier alpha value is -0.870. The van der Waals surface area contributed by atoms with Gasteiger partial charge in [-0.25, -0.2) is 4.99 Å². The first-order valence-corrected chi connectivity index (χ1v) is 9.94. The highest BCUT2D eigenvalue weighted by molar-refractivity contribution is 14.0. The number of methoxy groups -OCH3 is 1. The molecule has 2 heterocycles. The van der Waals surface area contributed by atoms with Crippen LogP contribution in [0.25, 0.3) is 0 Å². The molecule has 8 heteroatoms. The van der Waals surface area contributed by atoms with Gasteiger partial charge in [0.05, 0.1) is 18.8 Å². The van der Waals surface area contributed by atoms with Crippen LogP contribution in [0, 0.1) is 0 Å². The highest BCUT2D eigenvalue weighted by atomic mass is 127. The van der Waals surface area contributed by atoms with Crippen LogP contribution in [0.5, 0.6) is 0 Å². The number of guanidine groups is 1. The molecule has 0 aromatic carbocycles. The Balaban J connectivity index is 0.00000364. The molecule has 1 saturated heterocycles. The Kier molecular flexibility index (Phi) is 11.9.